The van der Waals surface area contributed by atoms with E-state index in [1.807, 2.05) is 30.3 Å². The van der Waals surface area contributed by atoms with Gasteiger partial charge >= 0.3 is 5.97 Å². The van der Waals surface area contributed by atoms with Gasteiger partial charge in [0.25, 0.3) is 5.69 Å². The quantitative estimate of drug-likeness (QED) is 0.461. The molecule has 6 nitrogen and oxygen atoms in total. The Balaban J connectivity index is 2.19. The maximum atomic E-state index is 10.8. The van der Waals surface area contributed by atoms with E-state index >= 15 is 0 Å². The van der Waals surface area contributed by atoms with Crippen LogP contribution in [0, 0.1) is 10.1 Å². The van der Waals surface area contributed by atoms with E-state index in [9.17, 15) is 14.9 Å². The molecule has 1 atom stereocenters. The summed E-state index contributed by atoms with van der Waals surface area (Å²) in [6.07, 6.45) is 0. The zero-order valence-corrected chi connectivity index (χ0v) is 12.3. The van der Waals surface area contributed by atoms with Gasteiger partial charge in [-0.3, -0.25) is 14.9 Å². The Hall–Kier alpha value is -2.54. The third-order valence-corrected chi connectivity index (χ3v) is 3.99. The molecule has 0 radical (unpaired) electrons. The maximum absolute atomic E-state index is 10.8. The van der Waals surface area contributed by atoms with Crippen LogP contribution in [0.3, 0.4) is 0 Å². The summed E-state index contributed by atoms with van der Waals surface area (Å²) in [6.45, 7) is 0. The first-order chi connectivity index (χ1) is 10.6. The number of aliphatic carboxylic acids is 1. The number of nitrogens with zero attached hydrogens (tertiary/aromatic N) is 1. The fourth-order valence-corrected chi connectivity index (χ4v) is 2.71. The zero-order valence-electron chi connectivity index (χ0n) is 11.5. The smallest absolute Gasteiger partial charge is 0.313 e. The van der Waals surface area contributed by atoms with Gasteiger partial charge in [0.05, 0.1) is 16.1 Å². The average Bonchev–Trinajstić information content (AvgIpc) is 2.52. The van der Waals surface area contributed by atoms with E-state index < -0.39 is 10.9 Å². The van der Waals surface area contributed by atoms with Gasteiger partial charge in [-0.25, -0.2) is 0 Å². The second-order valence-electron chi connectivity index (χ2n) is 4.44. The van der Waals surface area contributed by atoms with E-state index in [-0.39, 0.29) is 16.8 Å². The fourth-order valence-electron chi connectivity index (χ4n) is 1.83. The first-order valence-corrected chi connectivity index (χ1v) is 7.50. The minimum absolute atomic E-state index is 0.00504. The molecule has 2 aromatic rings. The van der Waals surface area contributed by atoms with E-state index in [2.05, 4.69) is 5.32 Å². The maximum Gasteiger partial charge on any atom is 0.313 e. The van der Waals surface area contributed by atoms with Gasteiger partial charge in [0.1, 0.15) is 0 Å². The number of hydrogen-bond acceptors (Lipinski definition) is 5. The molecule has 2 aromatic carbocycles. The van der Waals surface area contributed by atoms with Crippen LogP contribution in [0.1, 0.15) is 10.9 Å². The summed E-state index contributed by atoms with van der Waals surface area (Å²) in [5.74, 6) is -0.978. The van der Waals surface area contributed by atoms with Gasteiger partial charge in [0.15, 0.2) is 0 Å². The molecule has 0 aliphatic rings. The molecule has 0 saturated heterocycles. The number of benzene rings is 2. The highest BCUT2D eigenvalue weighted by atomic mass is 32.2. The van der Waals surface area contributed by atoms with Crippen LogP contribution in [0.15, 0.2) is 54.6 Å². The van der Waals surface area contributed by atoms with Crippen molar-refractivity contribution < 1.29 is 14.8 Å². The standard InChI is InChI=1S/C15H14N2O4S/c18-14(19)10-22-15(16-12-4-2-1-3-5-12)11-6-8-13(9-7-11)17(20)21/h1-9,15-16H,10H2,(H,18,19). The molecule has 22 heavy (non-hydrogen) atoms. The normalized spacial score (nSPS) is 11.6. The Bertz CT molecular complexity index is 646. The molecule has 1 unspecified atom stereocenters. The first-order valence-electron chi connectivity index (χ1n) is 6.45. The van der Waals surface area contributed by atoms with Crippen LogP contribution >= 0.6 is 11.8 Å². The molecule has 0 amide bonds. The molecule has 0 aliphatic carbocycles. The lowest BCUT2D eigenvalue weighted by Crippen LogP contribution is -2.10. The number of nitrogens with one attached hydrogen (secondary N) is 1. The molecule has 0 saturated carbocycles. The highest BCUT2D eigenvalue weighted by molar-refractivity contribution is 8.00. The van der Waals surface area contributed by atoms with Gasteiger partial charge in [0, 0.05) is 17.8 Å². The molecule has 0 heterocycles. The van der Waals surface area contributed by atoms with E-state index in [0.717, 1.165) is 11.3 Å². The van der Waals surface area contributed by atoms with Crippen molar-refractivity contribution in [3.8, 4) is 0 Å². The molecule has 2 rings (SSSR count). The molecule has 2 N–H and O–H groups in total. The number of anilines is 1. The van der Waals surface area contributed by atoms with Crippen molar-refractivity contribution in [2.45, 2.75) is 5.37 Å². The van der Waals surface area contributed by atoms with Gasteiger partial charge in [-0.1, -0.05) is 18.2 Å². The minimum atomic E-state index is -0.910. The Morgan fingerprint density at radius 2 is 1.82 bits per heavy atom. The third kappa shape index (κ3) is 4.49. The van der Waals surface area contributed by atoms with E-state index in [0.29, 0.717) is 0 Å². The van der Waals surface area contributed by atoms with E-state index in [4.69, 9.17) is 5.11 Å². The van der Waals surface area contributed by atoms with E-state index in [1.54, 1.807) is 12.1 Å². The average molecular weight is 318 g/mol. The van der Waals surface area contributed by atoms with Gasteiger partial charge in [-0.2, -0.15) is 0 Å². The lowest BCUT2D eigenvalue weighted by molar-refractivity contribution is -0.384. The van der Waals surface area contributed by atoms with Gasteiger partial charge in [0.2, 0.25) is 0 Å². The number of carboxylic acids is 1. The van der Waals surface area contributed by atoms with Crippen molar-refractivity contribution in [3.63, 3.8) is 0 Å². The third-order valence-electron chi connectivity index (χ3n) is 2.85. The van der Waals surface area contributed by atoms with Crippen molar-refractivity contribution >= 4 is 29.1 Å². The number of thioether (sulfide) groups is 1. The number of non-ortho nitro benzene ring substituents is 1. The summed E-state index contributed by atoms with van der Waals surface area (Å²) in [7, 11) is 0. The molecule has 0 aliphatic heterocycles. The highest BCUT2D eigenvalue weighted by Crippen LogP contribution is 2.31. The monoisotopic (exact) mass is 318 g/mol. The summed E-state index contributed by atoms with van der Waals surface area (Å²) in [5.41, 5.74) is 1.63. The number of para-hydroxylation sites is 1. The van der Waals surface area contributed by atoms with Crippen LogP contribution in [0.25, 0.3) is 0 Å². The summed E-state index contributed by atoms with van der Waals surface area (Å²) < 4.78 is 0. The summed E-state index contributed by atoms with van der Waals surface area (Å²) in [4.78, 5) is 21.0. The number of carboxylic acid groups (broad SMARTS) is 1. The molecule has 7 heteroatoms. The number of hydrogen-bond donors (Lipinski definition) is 2. The SMILES string of the molecule is O=C(O)CSC(Nc1ccccc1)c1ccc([N+](=O)[O-])cc1. The van der Waals surface area contributed by atoms with Gasteiger partial charge < -0.3 is 10.4 Å². The fraction of sp³-hybridized carbons (Fsp3) is 0.133. The van der Waals surface area contributed by atoms with Crippen molar-refractivity contribution in [2.75, 3.05) is 11.1 Å². The second-order valence-corrected chi connectivity index (χ2v) is 5.54. The van der Waals surface area contributed by atoms with Crippen LogP contribution in [-0.2, 0) is 4.79 Å². The Morgan fingerprint density at radius 3 is 2.36 bits per heavy atom. The highest BCUT2D eigenvalue weighted by Gasteiger charge is 2.15. The number of carbonyl (C=O) groups is 1. The lowest BCUT2D eigenvalue weighted by Gasteiger charge is -2.19. The first kappa shape index (κ1) is 15.8. The van der Waals surface area contributed by atoms with Crippen LogP contribution in [0.2, 0.25) is 0 Å². The molecular weight excluding hydrogens is 304 g/mol. The topological polar surface area (TPSA) is 92.5 Å². The minimum Gasteiger partial charge on any atom is -0.481 e. The Kier molecular flexibility index (Phi) is 5.37. The van der Waals surface area contributed by atoms with Crippen molar-refractivity contribution in [1.82, 2.24) is 0 Å². The summed E-state index contributed by atoms with van der Waals surface area (Å²) in [5, 5.41) is 22.5. The number of nitro benzene ring substituents is 1. The predicted octanol–water partition coefficient (Wildman–Crippen LogP) is 3.52. The Labute approximate surface area is 131 Å². The largest absolute Gasteiger partial charge is 0.481 e. The van der Waals surface area contributed by atoms with Gasteiger partial charge in [-0.05, 0) is 29.8 Å². The summed E-state index contributed by atoms with van der Waals surface area (Å²) in [6, 6.07) is 15.5. The second kappa shape index (κ2) is 7.46. The van der Waals surface area contributed by atoms with E-state index in [1.165, 1.54) is 23.9 Å². The molecule has 0 aromatic heterocycles. The van der Waals surface area contributed by atoms with Crippen molar-refractivity contribution in [3.05, 3.63) is 70.3 Å². The molecular formula is C15H14N2O4S. The predicted molar refractivity (Wildman–Crippen MR) is 86.0 cm³/mol. The van der Waals surface area contributed by atoms with Crippen molar-refractivity contribution in [2.24, 2.45) is 0 Å². The molecule has 0 fully saturated rings. The molecule has 0 spiro atoms. The van der Waals surface area contributed by atoms with Crippen molar-refractivity contribution in [1.29, 1.82) is 0 Å². The number of nitro groups is 1. The van der Waals surface area contributed by atoms with Crippen LogP contribution in [0.5, 0.6) is 0 Å². The number of rotatable bonds is 7. The van der Waals surface area contributed by atoms with Gasteiger partial charge in [-0.15, -0.1) is 11.8 Å². The lowest BCUT2D eigenvalue weighted by atomic mass is 10.2. The summed E-state index contributed by atoms with van der Waals surface area (Å²) >= 11 is 1.21. The van der Waals surface area contributed by atoms with Crippen LogP contribution in [0.4, 0.5) is 11.4 Å². The Morgan fingerprint density at radius 1 is 1.18 bits per heavy atom. The molecule has 0 bridgehead atoms. The molecule has 114 valence electrons. The van der Waals surface area contributed by atoms with Crippen LogP contribution in [-0.4, -0.2) is 21.8 Å². The van der Waals surface area contributed by atoms with Crippen LogP contribution < -0.4 is 5.32 Å². The zero-order chi connectivity index (χ0) is 15.9.